The summed E-state index contributed by atoms with van der Waals surface area (Å²) in [7, 11) is 0. The van der Waals surface area contributed by atoms with Gasteiger partial charge in [0.2, 0.25) is 0 Å². The third-order valence-corrected chi connectivity index (χ3v) is 5.67. The molecule has 16 heavy (non-hydrogen) atoms. The fraction of sp³-hybridized carbons (Fsp3) is 0.667. The number of hydrogen-bond donors (Lipinski definition) is 0. The van der Waals surface area contributed by atoms with Gasteiger partial charge in [-0.05, 0) is 24.0 Å². The van der Waals surface area contributed by atoms with E-state index in [2.05, 4.69) is 15.9 Å². The van der Waals surface area contributed by atoms with Crippen molar-refractivity contribution in [3.05, 3.63) is 20.3 Å². The number of alkyl halides is 1. The van der Waals surface area contributed by atoms with Gasteiger partial charge in [-0.25, -0.2) is 0 Å². The van der Waals surface area contributed by atoms with Crippen molar-refractivity contribution in [2.45, 2.75) is 43.4 Å². The third-order valence-electron chi connectivity index (χ3n) is 3.29. The molecule has 0 amide bonds. The third kappa shape index (κ3) is 3.38. The van der Waals surface area contributed by atoms with Crippen molar-refractivity contribution >= 4 is 50.5 Å². The molecule has 1 atom stereocenters. The molecule has 1 heterocycles. The molecule has 1 fully saturated rings. The largest absolute Gasteiger partial charge is 0.111 e. The van der Waals surface area contributed by atoms with E-state index < -0.39 is 0 Å². The lowest BCUT2D eigenvalue weighted by molar-refractivity contribution is 0.338. The van der Waals surface area contributed by atoms with Crippen LogP contribution in [0, 0.1) is 5.92 Å². The first kappa shape index (κ1) is 13.2. The summed E-state index contributed by atoms with van der Waals surface area (Å²) in [6.07, 6.45) is 8.13. The van der Waals surface area contributed by atoms with E-state index in [1.54, 1.807) is 0 Å². The first-order valence-corrected chi connectivity index (χ1v) is 8.24. The normalized spacial score (nSPS) is 19.9. The predicted molar refractivity (Wildman–Crippen MR) is 77.2 cm³/mol. The van der Waals surface area contributed by atoms with Crippen molar-refractivity contribution in [3.63, 3.8) is 0 Å². The Bertz CT molecular complexity index is 345. The molecule has 0 saturated heterocycles. The Labute approximate surface area is 119 Å². The van der Waals surface area contributed by atoms with Crippen LogP contribution in [0.25, 0.3) is 0 Å². The summed E-state index contributed by atoms with van der Waals surface area (Å²) in [5, 5.41) is 0. The van der Waals surface area contributed by atoms with Gasteiger partial charge in [-0.2, -0.15) is 0 Å². The number of hydrogen-bond acceptors (Lipinski definition) is 1. The maximum Gasteiger partial charge on any atom is 0.0987 e. The van der Waals surface area contributed by atoms with Crippen molar-refractivity contribution in [1.82, 2.24) is 0 Å². The predicted octanol–water partition coefficient (Wildman–Crippen LogP) is 6.46. The summed E-state index contributed by atoms with van der Waals surface area (Å²) in [5.74, 6) is 0.855. The van der Waals surface area contributed by atoms with Gasteiger partial charge >= 0.3 is 0 Å². The van der Waals surface area contributed by atoms with Gasteiger partial charge in [-0.15, -0.1) is 11.3 Å². The second-order valence-corrected chi connectivity index (χ2v) is 7.88. The van der Waals surface area contributed by atoms with Crippen LogP contribution >= 0.6 is 50.5 Å². The van der Waals surface area contributed by atoms with E-state index in [1.165, 1.54) is 55.4 Å². The molecule has 1 aromatic heterocycles. The SMILES string of the molecule is Clc1cc(C(Br)CC2CCCCC2)c(Cl)s1. The summed E-state index contributed by atoms with van der Waals surface area (Å²) in [6.45, 7) is 0. The lowest BCUT2D eigenvalue weighted by atomic mass is 9.85. The monoisotopic (exact) mass is 340 g/mol. The zero-order valence-electron chi connectivity index (χ0n) is 9.02. The zero-order chi connectivity index (χ0) is 11.5. The molecule has 1 saturated carbocycles. The number of thiophene rings is 1. The molecular formula is C12H15BrCl2S. The minimum Gasteiger partial charge on any atom is -0.111 e. The number of rotatable bonds is 3. The highest BCUT2D eigenvalue weighted by Gasteiger charge is 2.21. The molecule has 0 nitrogen and oxygen atoms in total. The van der Waals surface area contributed by atoms with Crippen molar-refractivity contribution < 1.29 is 0 Å². The molecule has 0 spiro atoms. The molecule has 1 aromatic rings. The van der Waals surface area contributed by atoms with E-state index in [0.717, 1.165) is 14.6 Å². The van der Waals surface area contributed by atoms with Crippen LogP contribution in [0.2, 0.25) is 8.67 Å². The maximum absolute atomic E-state index is 6.16. The second-order valence-electron chi connectivity index (χ2n) is 4.49. The Morgan fingerprint density at radius 2 is 2.00 bits per heavy atom. The quantitative estimate of drug-likeness (QED) is 0.553. The van der Waals surface area contributed by atoms with Crippen LogP contribution in [0.15, 0.2) is 6.07 Å². The highest BCUT2D eigenvalue weighted by Crippen LogP contribution is 2.43. The molecule has 1 aliphatic carbocycles. The van der Waals surface area contributed by atoms with Crippen molar-refractivity contribution in [1.29, 1.82) is 0 Å². The van der Waals surface area contributed by atoms with Gasteiger partial charge < -0.3 is 0 Å². The summed E-state index contributed by atoms with van der Waals surface area (Å²) in [6, 6.07) is 2.00. The first-order valence-electron chi connectivity index (χ1n) is 5.75. The van der Waals surface area contributed by atoms with Gasteiger partial charge in [0.1, 0.15) is 0 Å². The Hall–Kier alpha value is 0.760. The van der Waals surface area contributed by atoms with E-state index in [4.69, 9.17) is 23.2 Å². The van der Waals surface area contributed by atoms with Crippen LogP contribution in [0.4, 0.5) is 0 Å². The van der Waals surface area contributed by atoms with Crippen LogP contribution in [-0.4, -0.2) is 0 Å². The molecule has 1 aliphatic rings. The van der Waals surface area contributed by atoms with Crippen LogP contribution in [-0.2, 0) is 0 Å². The number of halogens is 3. The molecule has 2 rings (SSSR count). The zero-order valence-corrected chi connectivity index (χ0v) is 12.9. The minimum atomic E-state index is 0.367. The van der Waals surface area contributed by atoms with Gasteiger partial charge in [-0.1, -0.05) is 71.2 Å². The van der Waals surface area contributed by atoms with Crippen LogP contribution < -0.4 is 0 Å². The fourth-order valence-corrected chi connectivity index (χ4v) is 5.16. The summed E-state index contributed by atoms with van der Waals surface area (Å²) >= 11 is 17.3. The van der Waals surface area contributed by atoms with Gasteiger partial charge in [0.15, 0.2) is 0 Å². The first-order chi connectivity index (χ1) is 7.66. The highest BCUT2D eigenvalue weighted by molar-refractivity contribution is 9.09. The highest BCUT2D eigenvalue weighted by atomic mass is 79.9. The Kier molecular flexibility index (Phi) is 5.02. The molecule has 0 aliphatic heterocycles. The summed E-state index contributed by atoms with van der Waals surface area (Å²) in [4.78, 5) is 0.367. The second kappa shape index (κ2) is 6.08. The van der Waals surface area contributed by atoms with Gasteiger partial charge in [-0.3, -0.25) is 0 Å². The van der Waals surface area contributed by atoms with E-state index >= 15 is 0 Å². The standard InChI is InChI=1S/C12H15BrCl2S/c13-10(6-8-4-2-1-3-5-8)9-7-11(14)16-12(9)15/h7-8,10H,1-6H2. The van der Waals surface area contributed by atoms with Crippen molar-refractivity contribution in [2.24, 2.45) is 5.92 Å². The lowest BCUT2D eigenvalue weighted by Crippen LogP contribution is -2.08. The molecule has 0 bridgehead atoms. The molecule has 0 N–H and O–H groups in total. The Morgan fingerprint density at radius 3 is 2.56 bits per heavy atom. The van der Waals surface area contributed by atoms with Crippen LogP contribution in [0.1, 0.15) is 48.9 Å². The smallest absolute Gasteiger partial charge is 0.0987 e. The van der Waals surface area contributed by atoms with E-state index in [0.29, 0.717) is 4.83 Å². The van der Waals surface area contributed by atoms with Crippen molar-refractivity contribution in [3.8, 4) is 0 Å². The van der Waals surface area contributed by atoms with E-state index in [9.17, 15) is 0 Å². The molecule has 4 heteroatoms. The molecule has 1 unspecified atom stereocenters. The Morgan fingerprint density at radius 1 is 1.31 bits per heavy atom. The molecule has 90 valence electrons. The van der Waals surface area contributed by atoms with E-state index in [-0.39, 0.29) is 0 Å². The summed E-state index contributed by atoms with van der Waals surface area (Å²) < 4.78 is 1.62. The van der Waals surface area contributed by atoms with Crippen LogP contribution in [0.5, 0.6) is 0 Å². The Balaban J connectivity index is 1.96. The van der Waals surface area contributed by atoms with Gasteiger partial charge in [0.05, 0.1) is 8.67 Å². The molecule has 0 radical (unpaired) electrons. The molecular weight excluding hydrogens is 327 g/mol. The maximum atomic E-state index is 6.16. The van der Waals surface area contributed by atoms with Crippen LogP contribution in [0.3, 0.4) is 0 Å². The molecule has 0 aromatic carbocycles. The van der Waals surface area contributed by atoms with Gasteiger partial charge in [0, 0.05) is 4.83 Å². The van der Waals surface area contributed by atoms with Gasteiger partial charge in [0.25, 0.3) is 0 Å². The lowest BCUT2D eigenvalue weighted by Gasteiger charge is -2.23. The fourth-order valence-electron chi connectivity index (χ4n) is 2.41. The van der Waals surface area contributed by atoms with E-state index in [1.807, 2.05) is 6.07 Å². The van der Waals surface area contributed by atoms with Crippen molar-refractivity contribution in [2.75, 3.05) is 0 Å². The summed E-state index contributed by atoms with van der Waals surface area (Å²) in [5.41, 5.74) is 1.17. The average Bonchev–Trinajstić information content (AvgIpc) is 2.59. The minimum absolute atomic E-state index is 0.367. The average molecular weight is 342 g/mol. The topological polar surface area (TPSA) is 0 Å².